The predicted octanol–water partition coefficient (Wildman–Crippen LogP) is -0.767. The van der Waals surface area contributed by atoms with Gasteiger partial charge in [0.15, 0.2) is 0 Å². The normalized spacial score (nSPS) is 3.00. The molecule has 4 heteroatoms. The van der Waals surface area contributed by atoms with Crippen molar-refractivity contribution >= 4 is 35.7 Å². The van der Waals surface area contributed by atoms with Crippen LogP contribution in [0.3, 0.4) is 0 Å². The van der Waals surface area contributed by atoms with Crippen LogP contribution in [0.1, 0.15) is 0 Å². The molecule has 4 heavy (non-hydrogen) atoms. The second-order valence-electron chi connectivity index (χ2n) is 0. The molecule has 0 N–H and O–H groups in total. The molecule has 16 valence electrons. The minimum atomic E-state index is 1.16. The van der Waals surface area contributed by atoms with Gasteiger partial charge in [-0.2, -0.15) is 0 Å². The van der Waals surface area contributed by atoms with Crippen molar-refractivity contribution in [3.8, 4) is 0 Å². The molecule has 0 saturated heterocycles. The molecule has 0 rings (SSSR count). The zero-order valence-corrected chi connectivity index (χ0v) is 13.9. The van der Waals surface area contributed by atoms with Gasteiger partial charge in [-0.15, -0.1) is 0 Å². The Hall–Kier alpha value is 3.12. The molecule has 0 radical (unpaired) electrons. The molecule has 0 amide bonds. The molecule has 0 atom stereocenters. The van der Waals surface area contributed by atoms with Crippen LogP contribution in [0.4, 0.5) is 0 Å². The fourth-order valence-electron chi connectivity index (χ4n) is 0. The average Bonchev–Trinajstić information content (AvgIpc) is 1.50. The van der Waals surface area contributed by atoms with Gasteiger partial charge in [-0.1, -0.05) is 0 Å². The summed E-state index contributed by atoms with van der Waals surface area (Å²) in [5.41, 5.74) is 0. The Balaban J connectivity index is 0. The average molecular weight is 433 g/mol. The van der Waals surface area contributed by atoms with Crippen LogP contribution in [-0.2, 0) is 35.2 Å². The molecule has 0 aromatic heterocycles. The summed E-state index contributed by atoms with van der Waals surface area (Å²) in [6, 6.07) is 0. The summed E-state index contributed by atoms with van der Waals surface area (Å²) in [6.07, 6.45) is 0. The van der Waals surface area contributed by atoms with Crippen molar-refractivity contribution in [3.05, 3.63) is 0 Å². The van der Waals surface area contributed by atoms with Crippen molar-refractivity contribution in [2.75, 3.05) is 0 Å². The van der Waals surface area contributed by atoms with Crippen molar-refractivity contribution in [3.63, 3.8) is 0 Å². The summed E-state index contributed by atoms with van der Waals surface area (Å²) in [6.45, 7) is 0. The maximum absolute atomic E-state index is 2.12. The van der Waals surface area contributed by atoms with Gasteiger partial charge in [0.05, 0.1) is 0 Å². The minimum absolute atomic E-state index is 1.16. The first-order valence-corrected chi connectivity index (χ1v) is 23.1. The quantitative estimate of drug-likeness (QED) is 0.441. The summed E-state index contributed by atoms with van der Waals surface area (Å²) in [5, 5.41) is 0. The monoisotopic (exact) mass is 438 g/mol. The Morgan fingerprint density at radius 1 is 1.25 bits per heavy atom. The van der Waals surface area contributed by atoms with Gasteiger partial charge in [0.25, 0.3) is 0 Å². The number of hydrogen-bond acceptors (Lipinski definition) is 0. The molecular formula is CdTe2Zn. The van der Waals surface area contributed by atoms with Crippen LogP contribution in [0.15, 0.2) is 0 Å². The molecule has 0 heterocycles. The molecule has 0 nitrogen and oxygen atoms in total. The molecule has 0 aliphatic heterocycles. The standard InChI is InChI=1S/Cd.2Te.Zn. The van der Waals surface area contributed by atoms with Crippen molar-refractivity contribution < 1.29 is 35.2 Å². The molecule has 0 unspecified atom stereocenters. The number of hydrogen-bond donors (Lipinski definition) is 0. The zero-order valence-electron chi connectivity index (χ0n) is 2.23. The third-order valence-electron chi connectivity index (χ3n) is 0. The molecule has 0 aromatic rings. The first-order valence-electron chi connectivity index (χ1n) is 0.577. The van der Waals surface area contributed by atoms with Crippen LogP contribution in [0.2, 0.25) is 0 Å². The van der Waals surface area contributed by atoms with Crippen LogP contribution in [0.5, 0.6) is 0 Å². The van der Waals surface area contributed by atoms with E-state index in [2.05, 4.69) is 35.7 Å². The van der Waals surface area contributed by atoms with E-state index in [-0.39, 0.29) is 0 Å². The van der Waals surface area contributed by atoms with Crippen molar-refractivity contribution in [1.29, 1.82) is 0 Å². The van der Waals surface area contributed by atoms with Gasteiger partial charge < -0.3 is 0 Å². The Kier molecular flexibility index (Phi) is 41.9. The maximum atomic E-state index is 2.12. The van der Waals surface area contributed by atoms with Crippen LogP contribution < -0.4 is 0 Å². The zero-order chi connectivity index (χ0) is 4.00. The van der Waals surface area contributed by atoms with E-state index in [1.54, 1.807) is 0 Å². The summed E-state index contributed by atoms with van der Waals surface area (Å²) in [5.74, 6) is 0. The first-order chi connectivity index (χ1) is 2.00. The van der Waals surface area contributed by atoms with E-state index < -0.39 is 0 Å². The molecule has 0 aromatic carbocycles. The SMILES string of the molecule is [Cd]=[Te].[Zn]=[Te]. The van der Waals surface area contributed by atoms with Gasteiger partial charge in [0, 0.05) is 0 Å². The van der Waals surface area contributed by atoms with Crippen molar-refractivity contribution in [1.82, 2.24) is 0 Å². The van der Waals surface area contributed by atoms with Crippen LogP contribution in [-0.4, -0.2) is 35.7 Å². The molecule has 0 spiro atoms. The van der Waals surface area contributed by atoms with E-state index >= 15 is 0 Å². The summed E-state index contributed by atoms with van der Waals surface area (Å²) < 4.78 is 0. The molecule has 0 aliphatic rings. The fourth-order valence-corrected chi connectivity index (χ4v) is 0. The van der Waals surface area contributed by atoms with E-state index in [1.165, 1.54) is 14.3 Å². The summed E-state index contributed by atoms with van der Waals surface area (Å²) in [7, 11) is 0. The van der Waals surface area contributed by atoms with Gasteiger partial charge in [0.2, 0.25) is 0 Å². The van der Waals surface area contributed by atoms with E-state index in [9.17, 15) is 0 Å². The third-order valence-corrected chi connectivity index (χ3v) is 0. The first kappa shape index (κ1) is 10.2. The molecule has 0 fully saturated rings. The second kappa shape index (κ2) is 16.5. The molecular weight excluding hydrogens is 433 g/mol. The molecule has 0 saturated carbocycles. The third kappa shape index (κ3) is 8.93. The van der Waals surface area contributed by atoms with Crippen LogP contribution in [0, 0.1) is 0 Å². The van der Waals surface area contributed by atoms with Crippen LogP contribution in [0.25, 0.3) is 0 Å². The van der Waals surface area contributed by atoms with E-state index in [0.29, 0.717) is 0 Å². The molecule has 0 bridgehead atoms. The van der Waals surface area contributed by atoms with E-state index in [1.807, 2.05) is 0 Å². The predicted molar refractivity (Wildman–Crippen MR) is 11.5 cm³/mol. The van der Waals surface area contributed by atoms with Crippen molar-refractivity contribution in [2.45, 2.75) is 0 Å². The number of rotatable bonds is 0. The van der Waals surface area contributed by atoms with Gasteiger partial charge >= 0.3 is 70.9 Å². The van der Waals surface area contributed by atoms with Gasteiger partial charge in [-0.05, 0) is 0 Å². The van der Waals surface area contributed by atoms with Gasteiger partial charge in [-0.3, -0.25) is 0 Å². The van der Waals surface area contributed by atoms with E-state index in [4.69, 9.17) is 0 Å². The Morgan fingerprint density at radius 3 is 1.25 bits per heavy atom. The van der Waals surface area contributed by atoms with Crippen molar-refractivity contribution in [2.24, 2.45) is 0 Å². The second-order valence-corrected chi connectivity index (χ2v) is 0. The van der Waals surface area contributed by atoms with Gasteiger partial charge in [-0.25, -0.2) is 0 Å². The van der Waals surface area contributed by atoms with E-state index in [0.717, 1.165) is 20.9 Å². The topological polar surface area (TPSA) is 0 Å². The Bertz CT molecular complexity index is 8.00. The van der Waals surface area contributed by atoms with Gasteiger partial charge in [0.1, 0.15) is 0 Å². The summed E-state index contributed by atoms with van der Waals surface area (Å²) >= 11 is 6.74. The Labute approximate surface area is 69.0 Å². The summed E-state index contributed by atoms with van der Waals surface area (Å²) in [4.78, 5) is 0. The Morgan fingerprint density at radius 2 is 1.25 bits per heavy atom. The fraction of sp³-hybridized carbons (Fsp3) is 0. The molecule has 0 aliphatic carbocycles. The van der Waals surface area contributed by atoms with Crippen LogP contribution >= 0.6 is 0 Å².